The van der Waals surface area contributed by atoms with Crippen molar-refractivity contribution < 1.29 is 0 Å². The van der Waals surface area contributed by atoms with Crippen LogP contribution in [0.5, 0.6) is 0 Å². The molecule has 0 unspecified atom stereocenters. The summed E-state index contributed by atoms with van der Waals surface area (Å²) in [7, 11) is 0. The Bertz CT molecular complexity index is 480. The summed E-state index contributed by atoms with van der Waals surface area (Å²) in [6.07, 6.45) is 4.71. The van der Waals surface area contributed by atoms with Crippen LogP contribution in [-0.4, -0.2) is 16.5 Å². The van der Waals surface area contributed by atoms with Crippen LogP contribution in [0.3, 0.4) is 0 Å². The summed E-state index contributed by atoms with van der Waals surface area (Å²) in [4.78, 5) is 12.4. The Morgan fingerprint density at radius 2 is 2.19 bits per heavy atom. The molecule has 0 N–H and O–H groups in total. The minimum atomic E-state index is 0.386. The lowest BCUT2D eigenvalue weighted by Crippen LogP contribution is -2.34. The molecule has 0 fully saturated rings. The first-order chi connectivity index (χ1) is 7.86. The summed E-state index contributed by atoms with van der Waals surface area (Å²) in [5, 5.41) is 2.18. The van der Waals surface area contributed by atoms with Gasteiger partial charge in [-0.3, -0.25) is 0 Å². The first kappa shape index (κ1) is 9.78. The number of nitrogens with zero attached hydrogens (tertiary/aromatic N) is 3. The second-order valence-electron chi connectivity index (χ2n) is 3.97. The van der Waals surface area contributed by atoms with E-state index in [0.717, 1.165) is 18.9 Å². The van der Waals surface area contributed by atoms with E-state index in [1.165, 1.54) is 10.4 Å². The van der Waals surface area contributed by atoms with Crippen molar-refractivity contribution in [1.29, 1.82) is 0 Å². The number of aromatic nitrogens is 2. The molecule has 1 aliphatic heterocycles. The molecule has 0 spiro atoms. The quantitative estimate of drug-likeness (QED) is 0.755. The molecule has 82 valence electrons. The fraction of sp³-hybridized carbons (Fsp3) is 0.333. The third-order valence-corrected chi connectivity index (χ3v) is 4.08. The van der Waals surface area contributed by atoms with E-state index in [-0.39, 0.29) is 0 Å². The van der Waals surface area contributed by atoms with Gasteiger partial charge in [-0.2, -0.15) is 0 Å². The van der Waals surface area contributed by atoms with Gasteiger partial charge in [0.1, 0.15) is 0 Å². The Morgan fingerprint density at radius 1 is 1.38 bits per heavy atom. The first-order valence-electron chi connectivity index (χ1n) is 5.46. The van der Waals surface area contributed by atoms with E-state index in [0.29, 0.717) is 6.04 Å². The van der Waals surface area contributed by atoms with Crippen LogP contribution in [-0.2, 0) is 6.42 Å². The van der Waals surface area contributed by atoms with Crippen molar-refractivity contribution in [1.82, 2.24) is 9.97 Å². The van der Waals surface area contributed by atoms with E-state index in [4.69, 9.17) is 0 Å². The number of hydrogen-bond acceptors (Lipinski definition) is 4. The number of rotatable bonds is 1. The molecule has 3 nitrogen and oxygen atoms in total. The summed E-state index contributed by atoms with van der Waals surface area (Å²) in [6.45, 7) is 3.24. The van der Waals surface area contributed by atoms with Crippen molar-refractivity contribution in [3.8, 4) is 0 Å². The van der Waals surface area contributed by atoms with Gasteiger partial charge in [-0.1, -0.05) is 0 Å². The zero-order valence-corrected chi connectivity index (χ0v) is 9.94. The molecule has 0 aromatic carbocycles. The normalized spacial score (nSPS) is 19.6. The molecule has 1 atom stereocenters. The van der Waals surface area contributed by atoms with Crippen LogP contribution in [0.1, 0.15) is 23.4 Å². The van der Waals surface area contributed by atoms with Gasteiger partial charge in [0.05, 0.1) is 6.04 Å². The number of anilines is 1. The topological polar surface area (TPSA) is 29.0 Å². The van der Waals surface area contributed by atoms with Gasteiger partial charge in [0.15, 0.2) is 0 Å². The molecule has 0 radical (unpaired) electrons. The number of fused-ring (bicyclic) bond motifs is 1. The molecule has 4 heteroatoms. The minimum Gasteiger partial charge on any atom is -0.334 e. The Morgan fingerprint density at radius 3 is 3.00 bits per heavy atom. The van der Waals surface area contributed by atoms with Gasteiger partial charge in [-0.25, -0.2) is 9.97 Å². The van der Waals surface area contributed by atoms with Gasteiger partial charge in [0.25, 0.3) is 0 Å². The second kappa shape index (κ2) is 3.87. The fourth-order valence-corrected chi connectivity index (χ4v) is 3.18. The van der Waals surface area contributed by atoms with E-state index in [1.807, 2.05) is 17.4 Å². The molecule has 3 rings (SSSR count). The first-order valence-corrected chi connectivity index (χ1v) is 6.34. The summed E-state index contributed by atoms with van der Waals surface area (Å²) < 4.78 is 0. The average molecular weight is 231 g/mol. The van der Waals surface area contributed by atoms with Gasteiger partial charge in [0.2, 0.25) is 5.95 Å². The SMILES string of the molecule is C[C@@H]1c2ccsc2CCN1c1ncccn1. The molecule has 3 heterocycles. The van der Waals surface area contributed by atoms with E-state index in [2.05, 4.69) is 33.2 Å². The molecular weight excluding hydrogens is 218 g/mol. The lowest BCUT2D eigenvalue weighted by molar-refractivity contribution is 0.615. The van der Waals surface area contributed by atoms with E-state index >= 15 is 0 Å². The monoisotopic (exact) mass is 231 g/mol. The van der Waals surface area contributed by atoms with E-state index in [9.17, 15) is 0 Å². The minimum absolute atomic E-state index is 0.386. The molecule has 0 saturated carbocycles. The maximum absolute atomic E-state index is 4.33. The van der Waals surface area contributed by atoms with Crippen LogP contribution in [0.25, 0.3) is 0 Å². The maximum Gasteiger partial charge on any atom is 0.225 e. The highest BCUT2D eigenvalue weighted by Gasteiger charge is 2.25. The van der Waals surface area contributed by atoms with E-state index in [1.54, 1.807) is 12.4 Å². The van der Waals surface area contributed by atoms with Crippen LogP contribution in [0, 0.1) is 0 Å². The summed E-state index contributed by atoms with van der Waals surface area (Å²) in [6, 6.07) is 4.46. The Kier molecular flexibility index (Phi) is 2.36. The molecule has 2 aromatic heterocycles. The summed E-state index contributed by atoms with van der Waals surface area (Å²) >= 11 is 1.86. The summed E-state index contributed by atoms with van der Waals surface area (Å²) in [5.41, 5.74) is 1.43. The fourth-order valence-electron chi connectivity index (χ4n) is 2.22. The molecule has 16 heavy (non-hydrogen) atoms. The molecule has 0 bridgehead atoms. The third kappa shape index (κ3) is 1.50. The van der Waals surface area contributed by atoms with Gasteiger partial charge in [0, 0.05) is 23.8 Å². The highest BCUT2D eigenvalue weighted by atomic mass is 32.1. The van der Waals surface area contributed by atoms with Crippen molar-refractivity contribution >= 4 is 17.3 Å². The highest BCUT2D eigenvalue weighted by molar-refractivity contribution is 7.10. The van der Waals surface area contributed by atoms with Gasteiger partial charge in [-0.15, -0.1) is 11.3 Å². The van der Waals surface area contributed by atoms with Crippen LogP contribution < -0.4 is 4.90 Å². The predicted octanol–water partition coefficient (Wildman–Crippen LogP) is 2.66. The van der Waals surface area contributed by atoms with E-state index < -0.39 is 0 Å². The molecule has 0 aliphatic carbocycles. The van der Waals surface area contributed by atoms with Crippen LogP contribution in [0.15, 0.2) is 29.9 Å². The summed E-state index contributed by atoms with van der Waals surface area (Å²) in [5.74, 6) is 0.840. The molecule has 0 saturated heterocycles. The highest BCUT2D eigenvalue weighted by Crippen LogP contribution is 2.34. The lowest BCUT2D eigenvalue weighted by Gasteiger charge is -2.33. The van der Waals surface area contributed by atoms with Crippen molar-refractivity contribution in [3.63, 3.8) is 0 Å². The zero-order chi connectivity index (χ0) is 11.0. The Hall–Kier alpha value is -1.42. The average Bonchev–Trinajstić information content (AvgIpc) is 2.80. The van der Waals surface area contributed by atoms with Crippen molar-refractivity contribution in [3.05, 3.63) is 40.3 Å². The number of thiophene rings is 1. The van der Waals surface area contributed by atoms with Crippen molar-refractivity contribution in [2.24, 2.45) is 0 Å². The van der Waals surface area contributed by atoms with Crippen LogP contribution in [0.4, 0.5) is 5.95 Å². The van der Waals surface area contributed by atoms with Crippen LogP contribution >= 0.6 is 11.3 Å². The Balaban J connectivity index is 1.96. The number of hydrogen-bond donors (Lipinski definition) is 0. The van der Waals surface area contributed by atoms with Gasteiger partial charge < -0.3 is 4.90 Å². The van der Waals surface area contributed by atoms with Gasteiger partial charge >= 0.3 is 0 Å². The van der Waals surface area contributed by atoms with Crippen molar-refractivity contribution in [2.45, 2.75) is 19.4 Å². The smallest absolute Gasteiger partial charge is 0.225 e. The van der Waals surface area contributed by atoms with Crippen molar-refractivity contribution in [2.75, 3.05) is 11.4 Å². The molecular formula is C12H13N3S. The third-order valence-electron chi connectivity index (χ3n) is 3.09. The van der Waals surface area contributed by atoms with Gasteiger partial charge in [-0.05, 0) is 36.4 Å². The largest absolute Gasteiger partial charge is 0.334 e. The maximum atomic E-state index is 4.33. The zero-order valence-electron chi connectivity index (χ0n) is 9.13. The molecule has 0 amide bonds. The molecule has 2 aromatic rings. The lowest BCUT2D eigenvalue weighted by atomic mass is 10.0. The standard InChI is InChI=1S/C12H13N3S/c1-9-10-4-8-16-11(10)3-7-15(9)12-13-5-2-6-14-12/h2,4-6,8-9H,3,7H2,1H3/t9-/m1/s1. The van der Waals surface area contributed by atoms with Crippen LogP contribution in [0.2, 0.25) is 0 Å². The molecule has 1 aliphatic rings. The Labute approximate surface area is 98.8 Å². The predicted molar refractivity (Wildman–Crippen MR) is 65.8 cm³/mol. The second-order valence-corrected chi connectivity index (χ2v) is 4.97.